The van der Waals surface area contributed by atoms with E-state index in [0.29, 0.717) is 5.54 Å². The lowest BCUT2D eigenvalue weighted by Gasteiger charge is -2.33. The molecule has 0 saturated heterocycles. The molecule has 4 atom stereocenters. The first-order valence-corrected chi connectivity index (χ1v) is 10.1. The van der Waals surface area contributed by atoms with Gasteiger partial charge in [0.1, 0.15) is 0 Å². The van der Waals surface area contributed by atoms with E-state index in [4.69, 9.17) is 11.1 Å². The summed E-state index contributed by atoms with van der Waals surface area (Å²) in [4.78, 5) is 0. The molecular weight excluding hydrogens is 216 g/mol. The van der Waals surface area contributed by atoms with Gasteiger partial charge in [0.25, 0.3) is 0 Å². The van der Waals surface area contributed by atoms with Crippen LogP contribution in [-0.2, 0) is 0 Å². The van der Waals surface area contributed by atoms with Gasteiger partial charge in [-0.05, 0) is 36.8 Å². The van der Waals surface area contributed by atoms with Crippen LogP contribution in [0.1, 0.15) is 25.7 Å². The van der Waals surface area contributed by atoms with Crippen molar-refractivity contribution < 1.29 is 0 Å². The number of halogens is 1. The van der Waals surface area contributed by atoms with Crippen molar-refractivity contribution in [1.82, 2.24) is 0 Å². The van der Waals surface area contributed by atoms with Gasteiger partial charge in [0.05, 0.1) is 0 Å². The zero-order valence-corrected chi connectivity index (χ0v) is 10.7. The highest BCUT2D eigenvalue weighted by atomic mass is 35.6. The highest BCUT2D eigenvalue weighted by Crippen LogP contribution is 2.50. The van der Waals surface area contributed by atoms with E-state index in [1.165, 1.54) is 25.7 Å². The van der Waals surface area contributed by atoms with E-state index in [9.17, 15) is 0 Å². The molecule has 1 saturated carbocycles. The zero-order chi connectivity index (χ0) is 9.47. The van der Waals surface area contributed by atoms with Gasteiger partial charge >= 0.3 is 0 Å². The standard InChI is InChI=1S/C10H17ClSSi/c1-13(11,12)10-7-6-8-4-2-3-5-9(8)10/h6-10,12H,2-5H2,1H3. The van der Waals surface area contributed by atoms with E-state index < -0.39 is 6.53 Å². The number of fused-ring (bicyclic) bond motifs is 1. The fourth-order valence-electron chi connectivity index (χ4n) is 2.84. The van der Waals surface area contributed by atoms with Gasteiger partial charge in [0.2, 0.25) is 6.53 Å². The molecule has 0 N–H and O–H groups in total. The molecule has 0 heterocycles. The Kier molecular flexibility index (Phi) is 2.83. The Morgan fingerprint density at radius 3 is 2.69 bits per heavy atom. The average Bonchev–Trinajstić information content (AvgIpc) is 2.45. The fourth-order valence-corrected chi connectivity index (χ4v) is 6.04. The molecule has 0 amide bonds. The second kappa shape index (κ2) is 3.63. The molecule has 3 heteroatoms. The van der Waals surface area contributed by atoms with Crippen LogP contribution in [0, 0.1) is 11.8 Å². The van der Waals surface area contributed by atoms with Crippen molar-refractivity contribution in [3.63, 3.8) is 0 Å². The molecule has 13 heavy (non-hydrogen) atoms. The minimum absolute atomic E-state index is 0.614. The summed E-state index contributed by atoms with van der Waals surface area (Å²) < 4.78 is 0. The Hall–Kier alpha value is 0.597. The van der Waals surface area contributed by atoms with Gasteiger partial charge in [-0.3, -0.25) is 0 Å². The maximum Gasteiger partial charge on any atom is 0.216 e. The van der Waals surface area contributed by atoms with Gasteiger partial charge in [-0.2, -0.15) is 23.2 Å². The van der Waals surface area contributed by atoms with Crippen LogP contribution in [0.25, 0.3) is 0 Å². The Balaban J connectivity index is 2.11. The quantitative estimate of drug-likeness (QED) is 0.301. The molecule has 0 spiro atoms. The molecule has 2 aliphatic rings. The van der Waals surface area contributed by atoms with Crippen molar-refractivity contribution in [1.29, 1.82) is 0 Å². The number of hydrogen-bond acceptors (Lipinski definition) is 1. The van der Waals surface area contributed by atoms with Gasteiger partial charge in [-0.25, -0.2) is 0 Å². The van der Waals surface area contributed by atoms with Gasteiger partial charge in [-0.1, -0.05) is 25.0 Å². The topological polar surface area (TPSA) is 0 Å². The SMILES string of the molecule is C[Si](S)(Cl)C1C=CC2CCCCC21. The molecular formula is C10H17ClSSi. The second-order valence-electron chi connectivity index (χ2n) is 4.55. The minimum atomic E-state index is -1.75. The first-order valence-electron chi connectivity index (χ1n) is 5.18. The lowest BCUT2D eigenvalue weighted by atomic mass is 9.81. The van der Waals surface area contributed by atoms with Crippen LogP contribution in [0.15, 0.2) is 12.2 Å². The van der Waals surface area contributed by atoms with Crippen LogP contribution < -0.4 is 0 Å². The summed E-state index contributed by atoms with van der Waals surface area (Å²) in [5, 5.41) is 0. The van der Waals surface area contributed by atoms with Gasteiger partial charge < -0.3 is 0 Å². The molecule has 1 fully saturated rings. The first kappa shape index (κ1) is 10.1. The lowest BCUT2D eigenvalue weighted by molar-refractivity contribution is 0.303. The van der Waals surface area contributed by atoms with E-state index in [1.54, 1.807) is 0 Å². The monoisotopic (exact) mass is 232 g/mol. The Morgan fingerprint density at radius 1 is 1.31 bits per heavy atom. The Morgan fingerprint density at radius 2 is 2.00 bits per heavy atom. The van der Waals surface area contributed by atoms with Crippen molar-refractivity contribution in [3.8, 4) is 0 Å². The van der Waals surface area contributed by atoms with Gasteiger partial charge in [0.15, 0.2) is 0 Å². The highest BCUT2D eigenvalue weighted by Gasteiger charge is 2.42. The Labute approximate surface area is 91.5 Å². The van der Waals surface area contributed by atoms with E-state index in [2.05, 4.69) is 30.8 Å². The summed E-state index contributed by atoms with van der Waals surface area (Å²) in [6, 6.07) is 0. The smallest absolute Gasteiger partial charge is 0.185 e. The van der Waals surface area contributed by atoms with E-state index in [0.717, 1.165) is 11.8 Å². The van der Waals surface area contributed by atoms with Crippen molar-refractivity contribution in [2.75, 3.05) is 0 Å². The van der Waals surface area contributed by atoms with Crippen LogP contribution in [-0.4, -0.2) is 6.53 Å². The van der Waals surface area contributed by atoms with Gasteiger partial charge in [-0.15, -0.1) is 0 Å². The highest BCUT2D eigenvalue weighted by molar-refractivity contribution is 8.20. The molecule has 0 aliphatic heterocycles. The van der Waals surface area contributed by atoms with Crippen molar-refractivity contribution in [2.24, 2.45) is 11.8 Å². The van der Waals surface area contributed by atoms with E-state index in [-0.39, 0.29) is 0 Å². The molecule has 0 radical (unpaired) electrons. The molecule has 0 bridgehead atoms. The van der Waals surface area contributed by atoms with Crippen LogP contribution in [0.2, 0.25) is 12.1 Å². The molecule has 0 aromatic carbocycles. The van der Waals surface area contributed by atoms with E-state index in [1.807, 2.05) is 0 Å². The number of hydrogen-bond donors (Lipinski definition) is 1. The third-order valence-electron chi connectivity index (χ3n) is 3.51. The number of thiol groups is 1. The summed E-state index contributed by atoms with van der Waals surface area (Å²) >= 11 is 11.0. The van der Waals surface area contributed by atoms with Crippen LogP contribution in [0.3, 0.4) is 0 Å². The molecule has 0 aromatic rings. The van der Waals surface area contributed by atoms with Gasteiger partial charge in [0, 0.05) is 0 Å². The molecule has 74 valence electrons. The average molecular weight is 233 g/mol. The molecule has 0 nitrogen and oxygen atoms in total. The first-order chi connectivity index (χ1) is 6.09. The molecule has 4 unspecified atom stereocenters. The zero-order valence-electron chi connectivity index (χ0n) is 8.04. The summed E-state index contributed by atoms with van der Waals surface area (Å²) in [5.41, 5.74) is 0.614. The lowest BCUT2D eigenvalue weighted by Crippen LogP contribution is -2.29. The Bertz CT molecular complexity index is 221. The predicted molar refractivity (Wildman–Crippen MR) is 64.8 cm³/mol. The third kappa shape index (κ3) is 2.00. The number of rotatable bonds is 1. The van der Waals surface area contributed by atoms with Crippen molar-refractivity contribution in [2.45, 2.75) is 37.8 Å². The summed E-state index contributed by atoms with van der Waals surface area (Å²) in [6.07, 6.45) is 10.3. The maximum absolute atomic E-state index is 6.41. The second-order valence-corrected chi connectivity index (χ2v) is 13.2. The largest absolute Gasteiger partial charge is 0.216 e. The van der Waals surface area contributed by atoms with Crippen LogP contribution >= 0.6 is 23.2 Å². The summed E-state index contributed by atoms with van der Waals surface area (Å²) in [6.45, 7) is 0.404. The van der Waals surface area contributed by atoms with E-state index >= 15 is 0 Å². The predicted octanol–water partition coefficient (Wildman–Crippen LogP) is 3.97. The molecule has 0 aromatic heterocycles. The summed E-state index contributed by atoms with van der Waals surface area (Å²) in [7, 11) is 0. The van der Waals surface area contributed by atoms with Crippen molar-refractivity contribution in [3.05, 3.63) is 12.2 Å². The minimum Gasteiger partial charge on any atom is -0.185 e. The third-order valence-corrected chi connectivity index (χ3v) is 7.00. The van der Waals surface area contributed by atoms with Crippen molar-refractivity contribution >= 4 is 29.7 Å². The molecule has 2 aliphatic carbocycles. The van der Waals surface area contributed by atoms with Crippen LogP contribution in [0.4, 0.5) is 0 Å². The number of allylic oxidation sites excluding steroid dienone is 2. The molecule has 2 rings (SSSR count). The van der Waals surface area contributed by atoms with Crippen LogP contribution in [0.5, 0.6) is 0 Å². The fraction of sp³-hybridized carbons (Fsp3) is 0.800. The normalized spacial score (nSPS) is 42.8. The maximum atomic E-state index is 6.41. The summed E-state index contributed by atoms with van der Waals surface area (Å²) in [5.74, 6) is 1.66.